The topological polar surface area (TPSA) is 38.9 Å². The van der Waals surface area contributed by atoms with Gasteiger partial charge in [0.05, 0.1) is 29.5 Å². The van der Waals surface area contributed by atoms with Gasteiger partial charge in [-0.2, -0.15) is 0 Å². The monoisotopic (exact) mass is 449 g/mol. The zero-order valence-electron chi connectivity index (χ0n) is 19.3. The molecule has 170 valence electrons. The lowest BCUT2D eigenvalue weighted by molar-refractivity contribution is 0.0593. The Labute approximate surface area is 198 Å². The summed E-state index contributed by atoms with van der Waals surface area (Å²) in [4.78, 5) is 15.6. The van der Waals surface area contributed by atoms with Gasteiger partial charge in [0.25, 0.3) is 0 Å². The number of methoxy groups -OCH3 is 1. The van der Waals surface area contributed by atoms with Crippen molar-refractivity contribution in [1.82, 2.24) is 8.97 Å². The smallest absolute Gasteiger partial charge is 0.355 e. The lowest BCUT2D eigenvalue weighted by Crippen LogP contribution is -2.18. The van der Waals surface area contributed by atoms with Gasteiger partial charge in [0.15, 0.2) is 0 Å². The Hall–Kier alpha value is -3.99. The number of para-hydroxylation sites is 1. The third-order valence-electron chi connectivity index (χ3n) is 6.96. The fourth-order valence-corrected chi connectivity index (χ4v) is 5.50. The number of rotatable bonds is 5. The molecule has 1 aliphatic heterocycles. The minimum atomic E-state index is -0.340. The van der Waals surface area contributed by atoms with Crippen LogP contribution in [0, 0.1) is 0 Å². The van der Waals surface area contributed by atoms with Gasteiger partial charge in [-0.3, -0.25) is 4.40 Å². The molecule has 0 saturated carbocycles. The van der Waals surface area contributed by atoms with Crippen LogP contribution in [0.1, 0.15) is 23.3 Å². The van der Waals surface area contributed by atoms with Crippen LogP contribution in [0.5, 0.6) is 0 Å². The summed E-state index contributed by atoms with van der Waals surface area (Å²) in [6.07, 6.45) is 4.29. The molecular weight excluding hydrogens is 422 g/mol. The summed E-state index contributed by atoms with van der Waals surface area (Å²) in [6, 6.07) is 22.9. The van der Waals surface area contributed by atoms with Crippen molar-refractivity contribution in [2.75, 3.05) is 25.1 Å². The van der Waals surface area contributed by atoms with Crippen molar-refractivity contribution in [3.63, 3.8) is 0 Å². The van der Waals surface area contributed by atoms with Gasteiger partial charge < -0.3 is 14.2 Å². The van der Waals surface area contributed by atoms with Crippen LogP contribution < -0.4 is 4.90 Å². The Morgan fingerprint density at radius 1 is 0.971 bits per heavy atom. The molecule has 0 N–H and O–H groups in total. The largest absolute Gasteiger partial charge is 0.464 e. The molecule has 3 aromatic heterocycles. The maximum atomic E-state index is 13.2. The highest BCUT2D eigenvalue weighted by Gasteiger charge is 2.27. The Kier molecular flexibility index (Phi) is 4.91. The van der Waals surface area contributed by atoms with Crippen LogP contribution in [0.25, 0.3) is 38.6 Å². The van der Waals surface area contributed by atoms with Crippen molar-refractivity contribution in [1.29, 1.82) is 0 Å². The number of aromatic nitrogens is 2. The normalized spacial score (nSPS) is 13.9. The van der Waals surface area contributed by atoms with Crippen molar-refractivity contribution < 1.29 is 9.53 Å². The predicted molar refractivity (Wildman–Crippen MR) is 139 cm³/mol. The van der Waals surface area contributed by atoms with Crippen LogP contribution in [-0.4, -0.2) is 35.1 Å². The number of anilines is 1. The van der Waals surface area contributed by atoms with Crippen LogP contribution in [0.2, 0.25) is 0 Å². The van der Waals surface area contributed by atoms with Gasteiger partial charge in [0.2, 0.25) is 0 Å². The number of allylic oxidation sites excluding steroid dienone is 1. The van der Waals surface area contributed by atoms with E-state index in [1.165, 1.54) is 25.6 Å². The van der Waals surface area contributed by atoms with E-state index in [0.717, 1.165) is 51.7 Å². The van der Waals surface area contributed by atoms with Crippen molar-refractivity contribution in [3.05, 3.63) is 85.1 Å². The quantitative estimate of drug-likeness (QED) is 0.234. The second kappa shape index (κ2) is 8.10. The number of fused-ring (bicyclic) bond motifs is 5. The average Bonchev–Trinajstić information content (AvgIpc) is 3.61. The van der Waals surface area contributed by atoms with Gasteiger partial charge in [-0.1, -0.05) is 54.6 Å². The van der Waals surface area contributed by atoms with Gasteiger partial charge in [0, 0.05) is 35.9 Å². The first kappa shape index (κ1) is 20.6. The number of carbonyl (C=O) groups is 1. The van der Waals surface area contributed by atoms with Crippen molar-refractivity contribution in [2.45, 2.75) is 19.4 Å². The standard InChI is InChI=1S/C29H27N3O2/c1-3-15-31-23-14-8-7-13-21(23)22-18-26(29(33)34-2)32-24(20-11-5-4-6-12-20)19-25(28(32)27(22)31)30-16-9-10-17-30/h3-8,11-14,18-19H,1,9-10,15-17H2,2H3. The highest BCUT2D eigenvalue weighted by molar-refractivity contribution is 6.17. The van der Waals surface area contributed by atoms with E-state index in [1.54, 1.807) is 0 Å². The minimum absolute atomic E-state index is 0.340. The summed E-state index contributed by atoms with van der Waals surface area (Å²) in [6.45, 7) is 6.74. The van der Waals surface area contributed by atoms with E-state index >= 15 is 0 Å². The molecule has 2 aromatic carbocycles. The predicted octanol–water partition coefficient (Wildman–Crippen LogP) is 6.29. The van der Waals surface area contributed by atoms with Crippen LogP contribution in [0.15, 0.2) is 79.4 Å². The van der Waals surface area contributed by atoms with Crippen LogP contribution in [-0.2, 0) is 11.3 Å². The van der Waals surface area contributed by atoms with Crippen LogP contribution in [0.3, 0.4) is 0 Å². The number of esters is 1. The fourth-order valence-electron chi connectivity index (χ4n) is 5.50. The molecule has 0 spiro atoms. The van der Waals surface area contributed by atoms with E-state index in [4.69, 9.17) is 4.74 Å². The van der Waals surface area contributed by atoms with E-state index in [0.29, 0.717) is 12.2 Å². The molecule has 0 bridgehead atoms. The van der Waals surface area contributed by atoms with Gasteiger partial charge in [-0.15, -0.1) is 6.58 Å². The van der Waals surface area contributed by atoms with Gasteiger partial charge in [-0.05, 0) is 36.6 Å². The van der Waals surface area contributed by atoms with Crippen molar-refractivity contribution >= 4 is 39.0 Å². The molecule has 5 heteroatoms. The summed E-state index contributed by atoms with van der Waals surface area (Å²) in [5, 5.41) is 2.19. The third kappa shape index (κ3) is 2.97. The van der Waals surface area contributed by atoms with E-state index in [1.807, 2.05) is 30.3 Å². The molecule has 5 nitrogen and oxygen atoms in total. The highest BCUT2D eigenvalue weighted by atomic mass is 16.5. The number of benzene rings is 2. The molecule has 1 fully saturated rings. The molecule has 1 aliphatic rings. The summed E-state index contributed by atoms with van der Waals surface area (Å²) in [5.74, 6) is -0.340. The number of nitrogens with zero attached hydrogens (tertiary/aromatic N) is 3. The van der Waals surface area contributed by atoms with Gasteiger partial charge in [0.1, 0.15) is 5.69 Å². The number of hydrogen-bond donors (Lipinski definition) is 0. The molecule has 6 rings (SSSR count). The Bertz CT molecular complexity index is 1550. The van der Waals surface area contributed by atoms with Crippen LogP contribution in [0.4, 0.5) is 5.69 Å². The SMILES string of the molecule is C=CCn1c2ccccc2c2cc(C(=O)OC)n3c(-c4ccccc4)cc(N4CCCC4)c3c21. The maximum Gasteiger partial charge on any atom is 0.355 e. The Morgan fingerprint density at radius 3 is 2.44 bits per heavy atom. The first-order chi connectivity index (χ1) is 16.7. The van der Waals surface area contributed by atoms with Gasteiger partial charge >= 0.3 is 5.97 Å². The molecule has 34 heavy (non-hydrogen) atoms. The summed E-state index contributed by atoms with van der Waals surface area (Å²) in [7, 11) is 1.45. The molecule has 0 atom stereocenters. The first-order valence-electron chi connectivity index (χ1n) is 11.8. The lowest BCUT2D eigenvalue weighted by Gasteiger charge is -2.18. The van der Waals surface area contributed by atoms with E-state index in [9.17, 15) is 4.79 Å². The number of hydrogen-bond acceptors (Lipinski definition) is 3. The molecule has 0 aliphatic carbocycles. The summed E-state index contributed by atoms with van der Waals surface area (Å²) >= 11 is 0. The molecule has 0 unspecified atom stereocenters. The number of ether oxygens (including phenoxy) is 1. The van der Waals surface area contributed by atoms with E-state index in [-0.39, 0.29) is 5.97 Å². The average molecular weight is 450 g/mol. The molecule has 4 heterocycles. The fraction of sp³-hybridized carbons (Fsp3) is 0.207. The molecule has 0 radical (unpaired) electrons. The summed E-state index contributed by atoms with van der Waals surface area (Å²) < 4.78 is 9.72. The van der Waals surface area contributed by atoms with E-state index < -0.39 is 0 Å². The molecule has 0 amide bonds. The minimum Gasteiger partial charge on any atom is -0.464 e. The second-order valence-electron chi connectivity index (χ2n) is 8.86. The highest BCUT2D eigenvalue weighted by Crippen LogP contribution is 2.42. The van der Waals surface area contributed by atoms with Crippen molar-refractivity contribution in [2.24, 2.45) is 0 Å². The zero-order chi connectivity index (χ0) is 23.2. The van der Waals surface area contributed by atoms with Gasteiger partial charge in [-0.25, -0.2) is 4.79 Å². The zero-order valence-corrected chi connectivity index (χ0v) is 19.3. The second-order valence-corrected chi connectivity index (χ2v) is 8.86. The lowest BCUT2D eigenvalue weighted by atomic mass is 10.1. The van der Waals surface area contributed by atoms with E-state index in [2.05, 4.69) is 62.9 Å². The maximum absolute atomic E-state index is 13.2. The Morgan fingerprint density at radius 2 is 1.71 bits per heavy atom. The molecule has 1 saturated heterocycles. The first-order valence-corrected chi connectivity index (χ1v) is 11.8. The summed E-state index contributed by atoms with van der Waals surface area (Å²) in [5.41, 5.74) is 7.08. The van der Waals surface area contributed by atoms with Crippen LogP contribution >= 0.6 is 0 Å². The number of pyridine rings is 1. The Balaban J connectivity index is 1.86. The molecular formula is C29H27N3O2. The molecule has 5 aromatic rings. The van der Waals surface area contributed by atoms with Crippen molar-refractivity contribution in [3.8, 4) is 11.3 Å². The number of carbonyl (C=O) groups excluding carboxylic acids is 1. The third-order valence-corrected chi connectivity index (χ3v) is 6.96.